The largest absolute Gasteiger partial charge is 0.481 e. The number of hydrogen-bond donors (Lipinski definition) is 1. The number of benzene rings is 1. The summed E-state index contributed by atoms with van der Waals surface area (Å²) in [6.45, 7) is 3.78. The van der Waals surface area contributed by atoms with Crippen LogP contribution in [0.15, 0.2) is 12.1 Å². The third-order valence-electron chi connectivity index (χ3n) is 2.39. The van der Waals surface area contributed by atoms with Gasteiger partial charge >= 0.3 is 5.97 Å². The first-order valence-corrected chi connectivity index (χ1v) is 4.82. The predicted molar refractivity (Wildman–Crippen MR) is 56.6 cm³/mol. The third kappa shape index (κ3) is 2.57. The molecule has 1 rings (SSSR count). The van der Waals surface area contributed by atoms with E-state index < -0.39 is 5.97 Å². The number of carbonyl (C=O) groups is 1. The number of aliphatic carboxylic acids is 1. The van der Waals surface area contributed by atoms with E-state index >= 15 is 0 Å². The minimum absolute atomic E-state index is 0.0235. The molecule has 1 aromatic carbocycles. The molecular formula is C12H13NO2. The number of carboxylic acids is 1. The molecule has 0 aliphatic heterocycles. The highest BCUT2D eigenvalue weighted by Crippen LogP contribution is 2.17. The molecule has 15 heavy (non-hydrogen) atoms. The summed E-state index contributed by atoms with van der Waals surface area (Å²) in [4.78, 5) is 10.6. The normalized spacial score (nSPS) is 9.67. The van der Waals surface area contributed by atoms with Gasteiger partial charge in [-0.3, -0.25) is 4.79 Å². The van der Waals surface area contributed by atoms with Crippen LogP contribution in [0.4, 0.5) is 0 Å². The molecule has 0 fully saturated rings. The van der Waals surface area contributed by atoms with Gasteiger partial charge in [-0.25, -0.2) is 0 Å². The van der Waals surface area contributed by atoms with Crippen LogP contribution in [0.5, 0.6) is 0 Å². The van der Waals surface area contributed by atoms with Crippen molar-refractivity contribution >= 4 is 5.97 Å². The van der Waals surface area contributed by atoms with Crippen molar-refractivity contribution in [3.63, 3.8) is 0 Å². The smallest absolute Gasteiger partial charge is 0.307 e. The van der Waals surface area contributed by atoms with Crippen molar-refractivity contribution in [2.45, 2.75) is 26.7 Å². The molecule has 0 aliphatic rings. The molecule has 0 heterocycles. The van der Waals surface area contributed by atoms with Crippen molar-refractivity contribution in [3.8, 4) is 6.07 Å². The van der Waals surface area contributed by atoms with Gasteiger partial charge < -0.3 is 5.11 Å². The lowest BCUT2D eigenvalue weighted by Crippen LogP contribution is -2.04. The Kier molecular flexibility index (Phi) is 3.46. The van der Waals surface area contributed by atoms with E-state index in [9.17, 15) is 4.79 Å². The molecule has 1 aromatic rings. The monoisotopic (exact) mass is 203 g/mol. The summed E-state index contributed by atoms with van der Waals surface area (Å²) in [7, 11) is 0. The predicted octanol–water partition coefficient (Wildman–Crippen LogP) is 2.06. The molecular weight excluding hydrogens is 190 g/mol. The first-order chi connectivity index (χ1) is 7.08. The lowest BCUT2D eigenvalue weighted by atomic mass is 9.96. The summed E-state index contributed by atoms with van der Waals surface area (Å²) in [5.74, 6) is -0.839. The van der Waals surface area contributed by atoms with Crippen molar-refractivity contribution in [1.82, 2.24) is 0 Å². The lowest BCUT2D eigenvalue weighted by molar-refractivity contribution is -0.136. The number of aryl methyl sites for hydroxylation is 2. The van der Waals surface area contributed by atoms with Crippen LogP contribution in [0.3, 0.4) is 0 Å². The minimum Gasteiger partial charge on any atom is -0.481 e. The van der Waals surface area contributed by atoms with Crippen LogP contribution in [-0.2, 0) is 17.6 Å². The SMILES string of the molecule is CCc1cc(C#N)c(C)cc1CC(=O)O. The molecule has 0 atom stereocenters. The molecule has 0 saturated heterocycles. The number of hydrogen-bond acceptors (Lipinski definition) is 2. The Labute approximate surface area is 89.0 Å². The molecule has 0 aromatic heterocycles. The van der Waals surface area contributed by atoms with Gasteiger partial charge in [-0.1, -0.05) is 13.0 Å². The van der Waals surface area contributed by atoms with Crippen molar-refractivity contribution in [1.29, 1.82) is 5.26 Å². The highest BCUT2D eigenvalue weighted by Gasteiger charge is 2.09. The molecule has 0 radical (unpaired) electrons. The van der Waals surface area contributed by atoms with Crippen LogP contribution >= 0.6 is 0 Å². The fraction of sp³-hybridized carbons (Fsp3) is 0.333. The van der Waals surface area contributed by atoms with Gasteiger partial charge in [-0.15, -0.1) is 0 Å². The summed E-state index contributed by atoms with van der Waals surface area (Å²) in [6, 6.07) is 5.69. The first kappa shape index (κ1) is 11.3. The zero-order valence-electron chi connectivity index (χ0n) is 8.87. The van der Waals surface area contributed by atoms with E-state index in [1.807, 2.05) is 13.8 Å². The van der Waals surface area contributed by atoms with E-state index in [-0.39, 0.29) is 6.42 Å². The number of rotatable bonds is 3. The molecule has 1 N–H and O–H groups in total. The van der Waals surface area contributed by atoms with E-state index in [2.05, 4.69) is 6.07 Å². The second-order valence-electron chi connectivity index (χ2n) is 3.47. The van der Waals surface area contributed by atoms with Crippen LogP contribution in [-0.4, -0.2) is 11.1 Å². The average Bonchev–Trinajstić information content (AvgIpc) is 2.17. The average molecular weight is 203 g/mol. The molecule has 0 unspecified atom stereocenters. The van der Waals surface area contributed by atoms with E-state index in [0.29, 0.717) is 5.56 Å². The molecule has 0 aliphatic carbocycles. The number of nitrogens with zero attached hydrogens (tertiary/aromatic N) is 1. The molecule has 0 bridgehead atoms. The molecule has 0 amide bonds. The Balaban J connectivity index is 3.22. The minimum atomic E-state index is -0.839. The molecule has 0 spiro atoms. The maximum atomic E-state index is 10.6. The van der Waals surface area contributed by atoms with Crippen molar-refractivity contribution in [3.05, 3.63) is 34.4 Å². The Morgan fingerprint density at radius 1 is 1.47 bits per heavy atom. The van der Waals surface area contributed by atoms with Gasteiger partial charge in [0, 0.05) is 0 Å². The Morgan fingerprint density at radius 2 is 2.13 bits per heavy atom. The fourth-order valence-corrected chi connectivity index (χ4v) is 1.59. The Hall–Kier alpha value is -1.82. The first-order valence-electron chi connectivity index (χ1n) is 4.82. The van der Waals surface area contributed by atoms with Crippen LogP contribution in [0.1, 0.15) is 29.2 Å². The zero-order chi connectivity index (χ0) is 11.4. The fourth-order valence-electron chi connectivity index (χ4n) is 1.59. The second kappa shape index (κ2) is 4.61. The summed E-state index contributed by atoms with van der Waals surface area (Å²) in [5, 5.41) is 17.6. The maximum absolute atomic E-state index is 10.6. The third-order valence-corrected chi connectivity index (χ3v) is 2.39. The van der Waals surface area contributed by atoms with Gasteiger partial charge in [0.2, 0.25) is 0 Å². The quantitative estimate of drug-likeness (QED) is 0.817. The molecule has 78 valence electrons. The van der Waals surface area contributed by atoms with Crippen molar-refractivity contribution in [2.75, 3.05) is 0 Å². The van der Waals surface area contributed by atoms with Gasteiger partial charge in [0.05, 0.1) is 18.1 Å². The van der Waals surface area contributed by atoms with Gasteiger partial charge in [0.15, 0.2) is 0 Å². The van der Waals surface area contributed by atoms with E-state index in [0.717, 1.165) is 23.1 Å². The van der Waals surface area contributed by atoms with E-state index in [1.54, 1.807) is 12.1 Å². The van der Waals surface area contributed by atoms with Gasteiger partial charge in [0.25, 0.3) is 0 Å². The molecule has 3 heteroatoms. The second-order valence-corrected chi connectivity index (χ2v) is 3.47. The van der Waals surface area contributed by atoms with E-state index in [4.69, 9.17) is 10.4 Å². The lowest BCUT2D eigenvalue weighted by Gasteiger charge is -2.08. The number of nitriles is 1. The summed E-state index contributed by atoms with van der Waals surface area (Å²) < 4.78 is 0. The van der Waals surface area contributed by atoms with Crippen LogP contribution < -0.4 is 0 Å². The van der Waals surface area contributed by atoms with Crippen LogP contribution in [0, 0.1) is 18.3 Å². The maximum Gasteiger partial charge on any atom is 0.307 e. The summed E-state index contributed by atoms with van der Waals surface area (Å²) in [6.07, 6.45) is 0.771. The molecule has 0 saturated carbocycles. The summed E-state index contributed by atoms with van der Waals surface area (Å²) >= 11 is 0. The molecule has 3 nitrogen and oxygen atoms in total. The Bertz CT molecular complexity index is 430. The zero-order valence-corrected chi connectivity index (χ0v) is 8.87. The number of carboxylic acid groups (broad SMARTS) is 1. The van der Waals surface area contributed by atoms with Crippen molar-refractivity contribution < 1.29 is 9.90 Å². The van der Waals surface area contributed by atoms with Crippen LogP contribution in [0.25, 0.3) is 0 Å². The van der Waals surface area contributed by atoms with Crippen molar-refractivity contribution in [2.24, 2.45) is 0 Å². The topological polar surface area (TPSA) is 61.1 Å². The highest BCUT2D eigenvalue weighted by molar-refractivity contribution is 5.71. The highest BCUT2D eigenvalue weighted by atomic mass is 16.4. The van der Waals surface area contributed by atoms with Gasteiger partial charge in [-0.2, -0.15) is 5.26 Å². The van der Waals surface area contributed by atoms with Gasteiger partial charge in [0.1, 0.15) is 0 Å². The van der Waals surface area contributed by atoms with Gasteiger partial charge in [-0.05, 0) is 36.1 Å². The summed E-state index contributed by atoms with van der Waals surface area (Å²) in [5.41, 5.74) is 3.22. The standard InChI is InChI=1S/C12H13NO2/c1-3-9-5-11(7-13)8(2)4-10(9)6-12(14)15/h4-5H,3,6H2,1-2H3,(H,14,15). The Morgan fingerprint density at radius 3 is 2.60 bits per heavy atom. The van der Waals surface area contributed by atoms with Crippen LogP contribution in [0.2, 0.25) is 0 Å². The van der Waals surface area contributed by atoms with E-state index in [1.165, 1.54) is 0 Å².